The van der Waals surface area contributed by atoms with E-state index in [0.29, 0.717) is 13.0 Å². The van der Waals surface area contributed by atoms with Crippen LogP contribution in [0.15, 0.2) is 6.07 Å². The third-order valence-corrected chi connectivity index (χ3v) is 5.05. The van der Waals surface area contributed by atoms with Crippen molar-refractivity contribution in [2.45, 2.75) is 65.3 Å². The zero-order valence-corrected chi connectivity index (χ0v) is 14.0. The molecule has 0 aliphatic carbocycles. The van der Waals surface area contributed by atoms with E-state index in [2.05, 4.69) is 39.1 Å². The molecule has 0 bridgehead atoms. The monoisotopic (exact) mass is 296 g/mol. The van der Waals surface area contributed by atoms with Crippen LogP contribution in [0, 0.1) is 13.8 Å². The molecule has 0 radical (unpaired) electrons. The van der Waals surface area contributed by atoms with Crippen LogP contribution in [0.1, 0.15) is 54.8 Å². The molecule has 0 aliphatic rings. The van der Waals surface area contributed by atoms with E-state index in [4.69, 9.17) is 5.73 Å². The molecular weight excluding hydrogens is 268 g/mol. The number of carbonyl (C=O) groups is 1. The molecule has 1 rings (SSSR count). The molecule has 0 atom stereocenters. The first-order chi connectivity index (χ1) is 9.40. The van der Waals surface area contributed by atoms with Crippen LogP contribution in [-0.4, -0.2) is 18.0 Å². The summed E-state index contributed by atoms with van der Waals surface area (Å²) in [4.78, 5) is 14.6. The summed E-state index contributed by atoms with van der Waals surface area (Å²) in [5.41, 5.74) is 7.31. The average Bonchev–Trinajstić information content (AvgIpc) is 2.74. The van der Waals surface area contributed by atoms with Crippen molar-refractivity contribution in [3.63, 3.8) is 0 Å². The lowest BCUT2D eigenvalue weighted by molar-refractivity contribution is -0.121. The van der Waals surface area contributed by atoms with Gasteiger partial charge in [-0.1, -0.05) is 13.8 Å². The van der Waals surface area contributed by atoms with E-state index in [9.17, 15) is 4.79 Å². The highest BCUT2D eigenvalue weighted by Crippen LogP contribution is 2.22. The van der Waals surface area contributed by atoms with Crippen LogP contribution in [0.4, 0.5) is 0 Å². The number of thiophene rings is 1. The van der Waals surface area contributed by atoms with Gasteiger partial charge in [0.25, 0.3) is 0 Å². The summed E-state index contributed by atoms with van der Waals surface area (Å²) >= 11 is 1.83. The quantitative estimate of drug-likeness (QED) is 0.773. The highest BCUT2D eigenvalue weighted by molar-refractivity contribution is 7.12. The van der Waals surface area contributed by atoms with Crippen molar-refractivity contribution in [1.82, 2.24) is 5.32 Å². The van der Waals surface area contributed by atoms with Crippen LogP contribution in [-0.2, 0) is 11.2 Å². The van der Waals surface area contributed by atoms with Gasteiger partial charge in [-0.2, -0.15) is 0 Å². The van der Waals surface area contributed by atoms with E-state index >= 15 is 0 Å². The highest BCUT2D eigenvalue weighted by atomic mass is 32.1. The van der Waals surface area contributed by atoms with Crippen molar-refractivity contribution < 1.29 is 4.79 Å². The van der Waals surface area contributed by atoms with Gasteiger partial charge in [0.15, 0.2) is 0 Å². The third kappa shape index (κ3) is 5.25. The second kappa shape index (κ2) is 7.79. The van der Waals surface area contributed by atoms with Crippen LogP contribution in [0.2, 0.25) is 0 Å². The Morgan fingerprint density at radius 2 is 2.00 bits per heavy atom. The van der Waals surface area contributed by atoms with Crippen molar-refractivity contribution in [3.8, 4) is 0 Å². The lowest BCUT2D eigenvalue weighted by Crippen LogP contribution is -2.49. The topological polar surface area (TPSA) is 55.1 Å². The van der Waals surface area contributed by atoms with Gasteiger partial charge in [0.1, 0.15) is 0 Å². The molecule has 0 fully saturated rings. The number of hydrogen-bond acceptors (Lipinski definition) is 3. The van der Waals surface area contributed by atoms with Gasteiger partial charge in [-0.25, -0.2) is 0 Å². The van der Waals surface area contributed by atoms with E-state index in [1.165, 1.54) is 15.3 Å². The average molecular weight is 296 g/mol. The first-order valence-electron chi connectivity index (χ1n) is 7.51. The first-order valence-corrected chi connectivity index (χ1v) is 8.33. The minimum absolute atomic E-state index is 0.117. The number of aryl methyl sites for hydroxylation is 3. The first kappa shape index (κ1) is 17.2. The number of nitrogens with one attached hydrogen (secondary N) is 1. The lowest BCUT2D eigenvalue weighted by atomic mass is 9.94. The van der Waals surface area contributed by atoms with Gasteiger partial charge in [-0.15, -0.1) is 11.3 Å². The predicted molar refractivity (Wildman–Crippen MR) is 87.2 cm³/mol. The molecule has 114 valence electrons. The van der Waals surface area contributed by atoms with Gasteiger partial charge < -0.3 is 11.1 Å². The molecule has 1 heterocycles. The van der Waals surface area contributed by atoms with Crippen molar-refractivity contribution in [3.05, 3.63) is 21.4 Å². The van der Waals surface area contributed by atoms with Crippen LogP contribution >= 0.6 is 11.3 Å². The van der Waals surface area contributed by atoms with Crippen molar-refractivity contribution in [2.75, 3.05) is 6.54 Å². The molecule has 0 aliphatic heterocycles. The normalized spacial score (nSPS) is 11.7. The zero-order valence-electron chi connectivity index (χ0n) is 13.2. The Bertz CT molecular complexity index is 436. The van der Waals surface area contributed by atoms with Crippen LogP contribution in [0.5, 0.6) is 0 Å². The largest absolute Gasteiger partial charge is 0.354 e. The molecule has 0 saturated heterocycles. The summed E-state index contributed by atoms with van der Waals surface area (Å²) < 4.78 is 0. The molecule has 20 heavy (non-hydrogen) atoms. The summed E-state index contributed by atoms with van der Waals surface area (Å²) in [7, 11) is 0. The number of nitrogens with two attached hydrogens (primary N) is 1. The van der Waals surface area contributed by atoms with Crippen molar-refractivity contribution >= 4 is 17.2 Å². The Hall–Kier alpha value is -0.870. The number of amides is 1. The van der Waals surface area contributed by atoms with Crippen molar-refractivity contribution in [2.24, 2.45) is 5.73 Å². The minimum Gasteiger partial charge on any atom is -0.354 e. The minimum atomic E-state index is -0.253. The molecule has 3 nitrogen and oxygen atoms in total. The van der Waals surface area contributed by atoms with Crippen LogP contribution < -0.4 is 11.1 Å². The molecule has 0 spiro atoms. The van der Waals surface area contributed by atoms with E-state index in [0.717, 1.165) is 25.7 Å². The van der Waals surface area contributed by atoms with Crippen molar-refractivity contribution in [1.29, 1.82) is 0 Å². The fourth-order valence-electron chi connectivity index (χ4n) is 2.23. The van der Waals surface area contributed by atoms with Gasteiger partial charge in [0, 0.05) is 28.3 Å². The Morgan fingerprint density at radius 3 is 2.50 bits per heavy atom. The maximum absolute atomic E-state index is 11.8. The Kier molecular flexibility index (Phi) is 6.69. The second-order valence-electron chi connectivity index (χ2n) is 5.64. The van der Waals surface area contributed by atoms with Gasteiger partial charge in [0.2, 0.25) is 5.91 Å². The highest BCUT2D eigenvalue weighted by Gasteiger charge is 2.20. The summed E-state index contributed by atoms with van der Waals surface area (Å²) in [6.45, 7) is 8.99. The SMILES string of the molecule is CCC(N)(CC)CNC(=O)CCCc1cc(C)sc1C. The van der Waals surface area contributed by atoms with Gasteiger partial charge in [-0.05, 0) is 51.2 Å². The molecule has 4 heteroatoms. The summed E-state index contributed by atoms with van der Waals surface area (Å²) in [5, 5.41) is 2.97. The van der Waals surface area contributed by atoms with Crippen LogP contribution in [0.3, 0.4) is 0 Å². The number of carbonyl (C=O) groups excluding carboxylic acids is 1. The fourth-order valence-corrected chi connectivity index (χ4v) is 3.21. The molecule has 0 unspecified atom stereocenters. The maximum atomic E-state index is 11.8. The van der Waals surface area contributed by atoms with Gasteiger partial charge in [0.05, 0.1) is 0 Å². The maximum Gasteiger partial charge on any atom is 0.220 e. The van der Waals surface area contributed by atoms with E-state index in [-0.39, 0.29) is 11.4 Å². The summed E-state index contributed by atoms with van der Waals surface area (Å²) in [6.07, 6.45) is 4.24. The molecule has 0 saturated carbocycles. The summed E-state index contributed by atoms with van der Waals surface area (Å²) in [6, 6.07) is 2.23. The fraction of sp³-hybridized carbons (Fsp3) is 0.688. The van der Waals surface area contributed by atoms with E-state index < -0.39 is 0 Å². The van der Waals surface area contributed by atoms with Gasteiger partial charge in [-0.3, -0.25) is 4.79 Å². The van der Waals surface area contributed by atoms with E-state index in [1.54, 1.807) is 0 Å². The van der Waals surface area contributed by atoms with Crippen LogP contribution in [0.25, 0.3) is 0 Å². The molecule has 1 aromatic heterocycles. The Balaban J connectivity index is 2.29. The van der Waals surface area contributed by atoms with E-state index in [1.807, 2.05) is 11.3 Å². The predicted octanol–water partition coefficient (Wildman–Crippen LogP) is 3.32. The Morgan fingerprint density at radius 1 is 1.35 bits per heavy atom. The standard InChI is InChI=1S/C16H28N2OS/c1-5-16(17,6-2)11-18-15(19)9-7-8-14-10-12(3)20-13(14)4/h10H,5-9,11,17H2,1-4H3,(H,18,19). The lowest BCUT2D eigenvalue weighted by Gasteiger charge is -2.26. The number of rotatable bonds is 8. The molecule has 1 aromatic rings. The molecule has 3 N–H and O–H groups in total. The third-order valence-electron chi connectivity index (χ3n) is 4.04. The zero-order chi connectivity index (χ0) is 15.2. The summed E-state index contributed by atoms with van der Waals surface area (Å²) in [5.74, 6) is 0.117. The molecular formula is C16H28N2OS. The molecule has 0 aromatic carbocycles. The molecule has 1 amide bonds. The second-order valence-corrected chi connectivity index (χ2v) is 7.10. The van der Waals surface area contributed by atoms with Gasteiger partial charge >= 0.3 is 0 Å². The smallest absolute Gasteiger partial charge is 0.220 e. The Labute approximate surface area is 127 Å². The number of hydrogen-bond donors (Lipinski definition) is 2.